The maximum Gasteiger partial charge on any atom is 0.220 e. The number of hydrogen-bond donors (Lipinski definition) is 1. The van der Waals surface area contributed by atoms with E-state index in [0.717, 1.165) is 16.9 Å². The topological polar surface area (TPSA) is 43.3 Å². The molecule has 0 aliphatic heterocycles. The first-order valence-electron chi connectivity index (χ1n) is 8.51. The molecule has 25 heavy (non-hydrogen) atoms. The highest BCUT2D eigenvalue weighted by atomic mass is 16.5. The summed E-state index contributed by atoms with van der Waals surface area (Å²) in [5.41, 5.74) is 4.67. The summed E-state index contributed by atoms with van der Waals surface area (Å²) in [6, 6.07) is 16.3. The average molecular weight is 336 g/mol. The van der Waals surface area contributed by atoms with E-state index in [1.807, 2.05) is 24.3 Å². The number of carbonyl (C=O) groups excluding carboxylic acids is 1. The van der Waals surface area contributed by atoms with Crippen molar-refractivity contribution in [2.45, 2.75) is 26.3 Å². The number of nitrogens with one attached hydrogen (secondary N) is 1. The minimum Gasteiger partial charge on any atom is -0.497 e. The molecule has 1 N–H and O–H groups in total. The molecule has 0 bridgehead atoms. The van der Waals surface area contributed by atoms with Crippen molar-refractivity contribution in [2.24, 2.45) is 7.05 Å². The van der Waals surface area contributed by atoms with Crippen LogP contribution in [0.2, 0.25) is 0 Å². The van der Waals surface area contributed by atoms with Crippen molar-refractivity contribution < 1.29 is 9.53 Å². The Bertz CT molecular complexity index is 896. The molecule has 130 valence electrons. The lowest BCUT2D eigenvalue weighted by Gasteiger charge is -2.07. The second kappa shape index (κ2) is 7.43. The number of carbonyl (C=O) groups is 1. The third-order valence-electron chi connectivity index (χ3n) is 4.61. The minimum atomic E-state index is 0.0622. The molecule has 1 heterocycles. The smallest absolute Gasteiger partial charge is 0.220 e. The highest BCUT2D eigenvalue weighted by Gasteiger charge is 2.06. The number of nitrogens with zero attached hydrogens (tertiary/aromatic N) is 1. The van der Waals surface area contributed by atoms with Crippen LogP contribution in [-0.4, -0.2) is 17.6 Å². The number of benzene rings is 2. The van der Waals surface area contributed by atoms with Gasteiger partial charge in [0.25, 0.3) is 0 Å². The number of aromatic nitrogens is 1. The van der Waals surface area contributed by atoms with E-state index in [9.17, 15) is 4.79 Å². The van der Waals surface area contributed by atoms with E-state index < -0.39 is 0 Å². The van der Waals surface area contributed by atoms with Crippen LogP contribution in [0.25, 0.3) is 10.9 Å². The summed E-state index contributed by atoms with van der Waals surface area (Å²) in [7, 11) is 3.72. The molecule has 1 amide bonds. The van der Waals surface area contributed by atoms with Gasteiger partial charge in [-0.1, -0.05) is 18.2 Å². The van der Waals surface area contributed by atoms with Crippen LogP contribution >= 0.6 is 0 Å². The van der Waals surface area contributed by atoms with E-state index >= 15 is 0 Å². The van der Waals surface area contributed by atoms with Crippen LogP contribution in [-0.2, 0) is 24.8 Å². The number of aryl methyl sites for hydroxylation is 3. The number of methoxy groups -OCH3 is 1. The summed E-state index contributed by atoms with van der Waals surface area (Å²) in [5, 5.41) is 4.22. The fourth-order valence-corrected chi connectivity index (χ4v) is 3.02. The van der Waals surface area contributed by atoms with Crippen LogP contribution in [0, 0.1) is 6.92 Å². The van der Waals surface area contributed by atoms with E-state index in [2.05, 4.69) is 48.1 Å². The van der Waals surface area contributed by atoms with Gasteiger partial charge in [-0.05, 0) is 54.8 Å². The summed E-state index contributed by atoms with van der Waals surface area (Å²) in [6.45, 7) is 2.65. The number of rotatable bonds is 6. The first kappa shape index (κ1) is 17.1. The molecule has 2 aromatic carbocycles. The Kier molecular flexibility index (Phi) is 5.08. The quantitative estimate of drug-likeness (QED) is 0.745. The first-order chi connectivity index (χ1) is 12.1. The zero-order chi connectivity index (χ0) is 17.8. The Balaban J connectivity index is 1.55. The molecule has 0 unspecified atom stereocenters. The molecular formula is C21H24N2O2. The van der Waals surface area contributed by atoms with Gasteiger partial charge in [-0.2, -0.15) is 0 Å². The number of amides is 1. The standard InChI is InChI=1S/C21H24N2O2/c1-15-11-18-12-17(7-9-20(18)23(15)2)14-22-21(24)10-8-16-5-4-6-19(13-16)25-3/h4-7,9,11-13H,8,10,14H2,1-3H3,(H,22,24). The predicted octanol–water partition coefficient (Wildman–Crippen LogP) is 3.74. The fraction of sp³-hybridized carbons (Fsp3) is 0.286. The maximum atomic E-state index is 12.1. The molecular weight excluding hydrogens is 312 g/mol. The van der Waals surface area contributed by atoms with Gasteiger partial charge in [0.05, 0.1) is 7.11 Å². The zero-order valence-corrected chi connectivity index (χ0v) is 15.0. The SMILES string of the molecule is COc1cccc(CCC(=O)NCc2ccc3c(c2)cc(C)n3C)c1. The highest BCUT2D eigenvalue weighted by Crippen LogP contribution is 2.20. The summed E-state index contributed by atoms with van der Waals surface area (Å²) in [6.07, 6.45) is 1.18. The zero-order valence-electron chi connectivity index (χ0n) is 15.0. The molecule has 0 aliphatic rings. The van der Waals surface area contributed by atoms with Crippen LogP contribution < -0.4 is 10.1 Å². The molecule has 0 aliphatic carbocycles. The van der Waals surface area contributed by atoms with Gasteiger partial charge in [0.2, 0.25) is 5.91 Å². The molecule has 3 rings (SSSR count). The molecule has 0 radical (unpaired) electrons. The lowest BCUT2D eigenvalue weighted by Crippen LogP contribution is -2.22. The van der Waals surface area contributed by atoms with Gasteiger partial charge in [0.15, 0.2) is 0 Å². The van der Waals surface area contributed by atoms with E-state index in [0.29, 0.717) is 19.4 Å². The van der Waals surface area contributed by atoms with Gasteiger partial charge in [-0.15, -0.1) is 0 Å². The molecule has 3 aromatic rings. The van der Waals surface area contributed by atoms with Crippen LogP contribution in [0.4, 0.5) is 0 Å². The van der Waals surface area contributed by atoms with Crippen LogP contribution in [0.3, 0.4) is 0 Å². The monoisotopic (exact) mass is 336 g/mol. The first-order valence-corrected chi connectivity index (χ1v) is 8.51. The van der Waals surface area contributed by atoms with Gasteiger partial charge < -0.3 is 14.6 Å². The average Bonchev–Trinajstić information content (AvgIpc) is 2.92. The van der Waals surface area contributed by atoms with Gasteiger partial charge in [0.1, 0.15) is 5.75 Å². The summed E-state index contributed by atoms with van der Waals surface area (Å²) >= 11 is 0. The van der Waals surface area contributed by atoms with E-state index in [1.54, 1.807) is 7.11 Å². The van der Waals surface area contributed by atoms with Crippen molar-refractivity contribution in [2.75, 3.05) is 7.11 Å². The van der Waals surface area contributed by atoms with Crippen LogP contribution in [0.1, 0.15) is 23.2 Å². The summed E-state index contributed by atoms with van der Waals surface area (Å²) < 4.78 is 7.38. The molecule has 1 aromatic heterocycles. The Hall–Kier alpha value is -2.75. The van der Waals surface area contributed by atoms with E-state index in [-0.39, 0.29) is 5.91 Å². The Morgan fingerprint density at radius 1 is 1.12 bits per heavy atom. The summed E-state index contributed by atoms with van der Waals surface area (Å²) in [5.74, 6) is 0.886. The van der Waals surface area contributed by atoms with Crippen molar-refractivity contribution in [1.82, 2.24) is 9.88 Å². The Morgan fingerprint density at radius 3 is 2.76 bits per heavy atom. The largest absolute Gasteiger partial charge is 0.497 e. The second-order valence-corrected chi connectivity index (χ2v) is 6.37. The van der Waals surface area contributed by atoms with Gasteiger partial charge in [-0.3, -0.25) is 4.79 Å². The number of ether oxygens (including phenoxy) is 1. The normalized spacial score (nSPS) is 10.8. The van der Waals surface area contributed by atoms with Crippen LogP contribution in [0.5, 0.6) is 5.75 Å². The van der Waals surface area contributed by atoms with Gasteiger partial charge in [0, 0.05) is 36.6 Å². The molecule has 0 atom stereocenters. The van der Waals surface area contributed by atoms with E-state index in [1.165, 1.54) is 16.6 Å². The lowest BCUT2D eigenvalue weighted by atomic mass is 10.1. The molecule has 4 heteroatoms. The predicted molar refractivity (Wildman–Crippen MR) is 101 cm³/mol. The fourth-order valence-electron chi connectivity index (χ4n) is 3.02. The number of fused-ring (bicyclic) bond motifs is 1. The molecule has 0 fully saturated rings. The van der Waals surface area contributed by atoms with Gasteiger partial charge >= 0.3 is 0 Å². The van der Waals surface area contributed by atoms with Crippen LogP contribution in [0.15, 0.2) is 48.5 Å². The van der Waals surface area contributed by atoms with Crippen molar-refractivity contribution in [1.29, 1.82) is 0 Å². The Labute approximate surface area is 148 Å². The minimum absolute atomic E-state index is 0.0622. The molecule has 4 nitrogen and oxygen atoms in total. The molecule has 0 saturated carbocycles. The van der Waals surface area contributed by atoms with Gasteiger partial charge in [-0.25, -0.2) is 0 Å². The van der Waals surface area contributed by atoms with Crippen molar-refractivity contribution in [3.63, 3.8) is 0 Å². The van der Waals surface area contributed by atoms with Crippen molar-refractivity contribution in [3.05, 3.63) is 65.4 Å². The lowest BCUT2D eigenvalue weighted by molar-refractivity contribution is -0.121. The third-order valence-corrected chi connectivity index (χ3v) is 4.61. The Morgan fingerprint density at radius 2 is 1.96 bits per heavy atom. The second-order valence-electron chi connectivity index (χ2n) is 6.37. The highest BCUT2D eigenvalue weighted by molar-refractivity contribution is 5.82. The van der Waals surface area contributed by atoms with E-state index in [4.69, 9.17) is 4.74 Å². The number of hydrogen-bond acceptors (Lipinski definition) is 2. The molecule has 0 spiro atoms. The van der Waals surface area contributed by atoms with Crippen molar-refractivity contribution >= 4 is 16.8 Å². The molecule has 0 saturated heterocycles. The van der Waals surface area contributed by atoms with Crippen molar-refractivity contribution in [3.8, 4) is 5.75 Å². The summed E-state index contributed by atoms with van der Waals surface area (Å²) in [4.78, 5) is 12.1. The third kappa shape index (κ3) is 4.02. The maximum absolute atomic E-state index is 12.1.